The van der Waals surface area contributed by atoms with Crippen LogP contribution in [0.25, 0.3) is 0 Å². The molecule has 6 nitrogen and oxygen atoms in total. The first-order chi connectivity index (χ1) is 9.23. The van der Waals surface area contributed by atoms with Crippen molar-refractivity contribution in [1.82, 2.24) is 4.31 Å². The van der Waals surface area contributed by atoms with Crippen molar-refractivity contribution in [3.8, 4) is 0 Å². The molecule has 2 N–H and O–H groups in total. The van der Waals surface area contributed by atoms with Gasteiger partial charge in [-0.1, -0.05) is 12.1 Å². The summed E-state index contributed by atoms with van der Waals surface area (Å²) in [5.41, 5.74) is 1.34. The third-order valence-electron chi connectivity index (χ3n) is 3.45. The van der Waals surface area contributed by atoms with Crippen molar-refractivity contribution in [1.29, 1.82) is 0 Å². The van der Waals surface area contributed by atoms with Gasteiger partial charge in [-0.15, -0.1) is 0 Å². The van der Waals surface area contributed by atoms with Crippen LogP contribution in [0.4, 0.5) is 0 Å². The molecule has 0 saturated carbocycles. The molecule has 1 aliphatic rings. The molecular formula is C13H17NO5S. The average molecular weight is 299 g/mol. The lowest BCUT2D eigenvalue weighted by molar-refractivity contribution is -0.140. The molecule has 1 aliphatic heterocycles. The van der Waals surface area contributed by atoms with E-state index in [0.717, 1.165) is 9.87 Å². The Labute approximate surface area is 117 Å². The highest BCUT2D eigenvalue weighted by Gasteiger charge is 2.43. The van der Waals surface area contributed by atoms with Crippen LogP contribution in [-0.4, -0.2) is 47.6 Å². The second kappa shape index (κ2) is 5.16. The standard InChI is InChI=1S/C13H17NO5S/c1-8-3-4-9(2)12(5-8)20(18,19)14-7-10(15)6-11(14)13(16)17/h3-5,10-11,15H,6-7H2,1-2H3,(H,16,17)/t10-,11+/m1/s1. The molecule has 1 aromatic carbocycles. The topological polar surface area (TPSA) is 94.9 Å². The van der Waals surface area contributed by atoms with Crippen LogP contribution in [0.15, 0.2) is 23.1 Å². The van der Waals surface area contributed by atoms with Gasteiger partial charge in [-0.25, -0.2) is 8.42 Å². The minimum absolute atomic E-state index is 0.0839. The van der Waals surface area contributed by atoms with Gasteiger partial charge in [-0.2, -0.15) is 4.31 Å². The van der Waals surface area contributed by atoms with E-state index in [-0.39, 0.29) is 17.9 Å². The van der Waals surface area contributed by atoms with Gasteiger partial charge in [0.25, 0.3) is 0 Å². The summed E-state index contributed by atoms with van der Waals surface area (Å²) in [4.78, 5) is 11.3. The van der Waals surface area contributed by atoms with Crippen LogP contribution in [-0.2, 0) is 14.8 Å². The Morgan fingerprint density at radius 1 is 1.35 bits per heavy atom. The molecule has 7 heteroatoms. The number of aliphatic carboxylic acids is 1. The van der Waals surface area contributed by atoms with Gasteiger partial charge in [0.15, 0.2) is 0 Å². The van der Waals surface area contributed by atoms with Crippen LogP contribution in [0.2, 0.25) is 0 Å². The molecule has 0 unspecified atom stereocenters. The molecule has 1 saturated heterocycles. The van der Waals surface area contributed by atoms with Crippen LogP contribution in [0, 0.1) is 13.8 Å². The number of sulfonamides is 1. The number of carboxylic acids is 1. The van der Waals surface area contributed by atoms with E-state index in [2.05, 4.69) is 0 Å². The summed E-state index contributed by atoms with van der Waals surface area (Å²) in [6.45, 7) is 3.24. The SMILES string of the molecule is Cc1ccc(C)c(S(=O)(=O)N2C[C@H](O)C[C@H]2C(=O)O)c1. The number of aliphatic hydroxyl groups is 1. The summed E-state index contributed by atoms with van der Waals surface area (Å²) in [6.07, 6.45) is -1.03. The maximum atomic E-state index is 12.6. The number of β-amino-alcohol motifs (C(OH)–C–C–N with tert-alkyl or cyclic N) is 1. The number of hydrogen-bond donors (Lipinski definition) is 2. The second-order valence-electron chi connectivity index (χ2n) is 5.09. The molecule has 20 heavy (non-hydrogen) atoms. The van der Waals surface area contributed by atoms with Crippen LogP contribution in [0.5, 0.6) is 0 Å². The fourth-order valence-corrected chi connectivity index (χ4v) is 4.33. The maximum absolute atomic E-state index is 12.6. The predicted molar refractivity (Wildman–Crippen MR) is 71.9 cm³/mol. The molecule has 0 aromatic heterocycles. The van der Waals surface area contributed by atoms with Crippen molar-refractivity contribution >= 4 is 16.0 Å². The lowest BCUT2D eigenvalue weighted by Gasteiger charge is -2.22. The Bertz CT molecular complexity index is 640. The molecule has 0 aliphatic carbocycles. The molecular weight excluding hydrogens is 282 g/mol. The van der Waals surface area contributed by atoms with E-state index in [1.165, 1.54) is 6.07 Å². The Morgan fingerprint density at radius 2 is 2.00 bits per heavy atom. The van der Waals surface area contributed by atoms with E-state index in [9.17, 15) is 18.3 Å². The largest absolute Gasteiger partial charge is 0.480 e. The number of benzene rings is 1. The minimum Gasteiger partial charge on any atom is -0.480 e. The van der Waals surface area contributed by atoms with E-state index in [4.69, 9.17) is 5.11 Å². The minimum atomic E-state index is -3.93. The normalized spacial score (nSPS) is 23.9. The highest BCUT2D eigenvalue weighted by Crippen LogP contribution is 2.28. The Hall–Kier alpha value is -1.44. The van der Waals surface area contributed by atoms with Gasteiger partial charge in [-0.3, -0.25) is 4.79 Å². The third kappa shape index (κ3) is 2.56. The van der Waals surface area contributed by atoms with E-state index < -0.39 is 28.1 Å². The molecule has 0 radical (unpaired) electrons. The lowest BCUT2D eigenvalue weighted by Crippen LogP contribution is -2.40. The smallest absolute Gasteiger partial charge is 0.322 e. The molecule has 0 spiro atoms. The van der Waals surface area contributed by atoms with Crippen molar-refractivity contribution in [2.75, 3.05) is 6.54 Å². The van der Waals surface area contributed by atoms with Crippen LogP contribution < -0.4 is 0 Å². The number of carbonyl (C=O) groups is 1. The molecule has 0 amide bonds. The second-order valence-corrected chi connectivity index (χ2v) is 6.95. The van der Waals surface area contributed by atoms with Gasteiger partial charge in [0.05, 0.1) is 11.0 Å². The number of aryl methyl sites for hydroxylation is 2. The molecule has 110 valence electrons. The average Bonchev–Trinajstić information content (AvgIpc) is 2.75. The molecule has 2 atom stereocenters. The molecule has 1 fully saturated rings. The molecule has 0 bridgehead atoms. The van der Waals surface area contributed by atoms with Gasteiger partial charge in [-0.05, 0) is 31.0 Å². The summed E-state index contributed by atoms with van der Waals surface area (Å²) >= 11 is 0. The highest BCUT2D eigenvalue weighted by molar-refractivity contribution is 7.89. The first kappa shape index (κ1) is 15.0. The van der Waals surface area contributed by atoms with Crippen LogP contribution in [0.1, 0.15) is 17.5 Å². The van der Waals surface area contributed by atoms with Gasteiger partial charge >= 0.3 is 5.97 Å². The quantitative estimate of drug-likeness (QED) is 0.848. The van der Waals surface area contributed by atoms with Crippen LogP contribution >= 0.6 is 0 Å². The Balaban J connectivity index is 2.49. The number of aliphatic hydroxyl groups excluding tert-OH is 1. The summed E-state index contributed by atoms with van der Waals surface area (Å²) in [7, 11) is -3.93. The summed E-state index contributed by atoms with van der Waals surface area (Å²) in [5, 5.41) is 18.7. The summed E-state index contributed by atoms with van der Waals surface area (Å²) < 4.78 is 26.1. The number of rotatable bonds is 3. The van der Waals surface area contributed by atoms with Crippen molar-refractivity contribution in [3.63, 3.8) is 0 Å². The first-order valence-electron chi connectivity index (χ1n) is 6.23. The fourth-order valence-electron chi connectivity index (χ4n) is 2.39. The molecule has 1 aromatic rings. The summed E-state index contributed by atoms with van der Waals surface area (Å²) in [5.74, 6) is -1.24. The monoisotopic (exact) mass is 299 g/mol. The first-order valence-corrected chi connectivity index (χ1v) is 7.67. The van der Waals surface area contributed by atoms with Gasteiger partial charge in [0, 0.05) is 13.0 Å². The zero-order valence-electron chi connectivity index (χ0n) is 11.3. The van der Waals surface area contributed by atoms with Gasteiger partial charge < -0.3 is 10.2 Å². The Kier molecular flexibility index (Phi) is 3.86. The number of nitrogens with zero attached hydrogens (tertiary/aromatic N) is 1. The number of hydrogen-bond acceptors (Lipinski definition) is 4. The zero-order chi connectivity index (χ0) is 15.1. The van der Waals surface area contributed by atoms with E-state index in [0.29, 0.717) is 5.56 Å². The van der Waals surface area contributed by atoms with E-state index in [1.54, 1.807) is 26.0 Å². The fraction of sp³-hybridized carbons (Fsp3) is 0.462. The maximum Gasteiger partial charge on any atom is 0.322 e. The predicted octanol–water partition coefficient (Wildman–Crippen LogP) is 0.512. The molecule has 2 rings (SSSR count). The van der Waals surface area contributed by atoms with E-state index >= 15 is 0 Å². The van der Waals surface area contributed by atoms with Crippen molar-refractivity contribution < 1.29 is 23.4 Å². The van der Waals surface area contributed by atoms with Crippen molar-refractivity contribution in [2.45, 2.75) is 37.3 Å². The third-order valence-corrected chi connectivity index (χ3v) is 5.47. The molecule has 1 heterocycles. The van der Waals surface area contributed by atoms with Gasteiger partial charge in [0.2, 0.25) is 10.0 Å². The lowest BCUT2D eigenvalue weighted by atomic mass is 10.2. The highest BCUT2D eigenvalue weighted by atomic mass is 32.2. The summed E-state index contributed by atoms with van der Waals surface area (Å²) in [6, 6.07) is 3.79. The van der Waals surface area contributed by atoms with Crippen molar-refractivity contribution in [2.24, 2.45) is 0 Å². The van der Waals surface area contributed by atoms with Gasteiger partial charge in [0.1, 0.15) is 6.04 Å². The number of carboxylic acid groups (broad SMARTS) is 1. The Morgan fingerprint density at radius 3 is 2.60 bits per heavy atom. The van der Waals surface area contributed by atoms with E-state index in [1.807, 2.05) is 0 Å². The zero-order valence-corrected chi connectivity index (χ0v) is 12.1. The van der Waals surface area contributed by atoms with Crippen LogP contribution in [0.3, 0.4) is 0 Å². The van der Waals surface area contributed by atoms with Crippen molar-refractivity contribution in [3.05, 3.63) is 29.3 Å².